The average molecular weight is 377 g/mol. The fourth-order valence-corrected chi connectivity index (χ4v) is 3.08. The van der Waals surface area contributed by atoms with Gasteiger partial charge in [0.1, 0.15) is 5.82 Å². The van der Waals surface area contributed by atoms with Gasteiger partial charge in [0.05, 0.1) is 24.9 Å². The van der Waals surface area contributed by atoms with Crippen LogP contribution in [0.3, 0.4) is 0 Å². The average Bonchev–Trinajstić information content (AvgIpc) is 3.18. The van der Waals surface area contributed by atoms with Crippen LogP contribution in [0.15, 0.2) is 67.0 Å². The molecule has 0 aliphatic carbocycles. The Balaban J connectivity index is 1.75. The molecule has 5 nitrogen and oxygen atoms in total. The lowest BCUT2D eigenvalue weighted by Crippen LogP contribution is -2.01. The number of fused-ring (bicyclic) bond motifs is 1. The van der Waals surface area contributed by atoms with E-state index in [1.165, 1.54) is 12.1 Å². The maximum Gasteiger partial charge on any atom is 0.162 e. The molecular weight excluding hydrogens is 357 g/mol. The Morgan fingerprint density at radius 1 is 1.07 bits per heavy atom. The molecule has 0 atom stereocenters. The Kier molecular flexibility index (Phi) is 4.85. The lowest BCUT2D eigenvalue weighted by molar-refractivity contribution is 0.311. The predicted molar refractivity (Wildman–Crippen MR) is 108 cm³/mol. The van der Waals surface area contributed by atoms with Gasteiger partial charge in [-0.15, -0.1) is 0 Å². The topological polar surface area (TPSA) is 47.8 Å². The number of rotatable bonds is 6. The lowest BCUT2D eigenvalue weighted by Gasteiger charge is -2.14. The molecule has 0 aliphatic heterocycles. The molecule has 142 valence electrons. The maximum atomic E-state index is 13.7. The van der Waals surface area contributed by atoms with Gasteiger partial charge in [0.25, 0.3) is 0 Å². The number of halogens is 1. The number of benzene rings is 2. The van der Waals surface area contributed by atoms with Crippen molar-refractivity contribution in [3.63, 3.8) is 0 Å². The Bertz CT molecular complexity index is 1120. The van der Waals surface area contributed by atoms with Crippen LogP contribution < -0.4 is 14.8 Å². The third kappa shape index (κ3) is 3.49. The SMILES string of the molecule is CCOc1ccc(Nc2nc(-c3cccc(F)c3)cn3cccc23)cc1OC. The second kappa shape index (κ2) is 7.60. The summed E-state index contributed by atoms with van der Waals surface area (Å²) in [5.41, 5.74) is 3.10. The summed E-state index contributed by atoms with van der Waals surface area (Å²) in [6.07, 6.45) is 3.82. The van der Waals surface area contributed by atoms with Crippen LogP contribution >= 0.6 is 0 Å². The van der Waals surface area contributed by atoms with E-state index in [0.717, 1.165) is 11.2 Å². The Labute approximate surface area is 162 Å². The largest absolute Gasteiger partial charge is 0.493 e. The van der Waals surface area contributed by atoms with Crippen LogP contribution in [-0.2, 0) is 0 Å². The van der Waals surface area contributed by atoms with E-state index in [1.807, 2.05) is 60.1 Å². The van der Waals surface area contributed by atoms with Crippen molar-refractivity contribution >= 4 is 17.0 Å². The number of hydrogen-bond donors (Lipinski definition) is 1. The van der Waals surface area contributed by atoms with Gasteiger partial charge in [-0.05, 0) is 43.3 Å². The van der Waals surface area contributed by atoms with Crippen LogP contribution in [0.5, 0.6) is 11.5 Å². The molecule has 0 saturated heterocycles. The van der Waals surface area contributed by atoms with E-state index in [9.17, 15) is 4.39 Å². The van der Waals surface area contributed by atoms with Crippen LogP contribution in [-0.4, -0.2) is 23.1 Å². The number of anilines is 2. The van der Waals surface area contributed by atoms with Crippen molar-refractivity contribution in [2.24, 2.45) is 0 Å². The molecule has 0 fully saturated rings. The summed E-state index contributed by atoms with van der Waals surface area (Å²) in [5, 5.41) is 3.34. The lowest BCUT2D eigenvalue weighted by atomic mass is 10.1. The molecule has 28 heavy (non-hydrogen) atoms. The van der Waals surface area contributed by atoms with E-state index in [1.54, 1.807) is 13.2 Å². The Morgan fingerprint density at radius 2 is 1.96 bits per heavy atom. The van der Waals surface area contributed by atoms with Crippen molar-refractivity contribution in [3.8, 4) is 22.8 Å². The molecule has 1 N–H and O–H groups in total. The van der Waals surface area contributed by atoms with Gasteiger partial charge >= 0.3 is 0 Å². The van der Waals surface area contributed by atoms with E-state index in [0.29, 0.717) is 35.2 Å². The fraction of sp³-hybridized carbons (Fsp3) is 0.136. The quantitative estimate of drug-likeness (QED) is 0.496. The summed E-state index contributed by atoms with van der Waals surface area (Å²) in [7, 11) is 1.61. The number of nitrogens with zero attached hydrogens (tertiary/aromatic N) is 2. The normalized spacial score (nSPS) is 10.8. The van der Waals surface area contributed by atoms with Gasteiger partial charge in [0.2, 0.25) is 0 Å². The van der Waals surface area contributed by atoms with Crippen LogP contribution in [0.2, 0.25) is 0 Å². The first-order valence-corrected chi connectivity index (χ1v) is 8.99. The van der Waals surface area contributed by atoms with Crippen molar-refractivity contribution in [1.82, 2.24) is 9.38 Å². The zero-order chi connectivity index (χ0) is 19.5. The second-order valence-corrected chi connectivity index (χ2v) is 6.21. The van der Waals surface area contributed by atoms with Gasteiger partial charge in [0, 0.05) is 29.7 Å². The van der Waals surface area contributed by atoms with E-state index in [2.05, 4.69) is 5.32 Å². The molecule has 0 amide bonds. The number of methoxy groups -OCH3 is 1. The summed E-state index contributed by atoms with van der Waals surface area (Å²) in [6.45, 7) is 2.49. The molecular formula is C22H20FN3O2. The van der Waals surface area contributed by atoms with E-state index in [-0.39, 0.29) is 5.82 Å². The number of hydrogen-bond acceptors (Lipinski definition) is 4. The zero-order valence-corrected chi connectivity index (χ0v) is 15.6. The van der Waals surface area contributed by atoms with Crippen molar-refractivity contribution in [1.29, 1.82) is 0 Å². The molecule has 2 aromatic carbocycles. The minimum atomic E-state index is -0.294. The highest BCUT2D eigenvalue weighted by atomic mass is 19.1. The highest BCUT2D eigenvalue weighted by Crippen LogP contribution is 2.32. The van der Waals surface area contributed by atoms with E-state index < -0.39 is 0 Å². The third-order valence-electron chi connectivity index (χ3n) is 4.36. The van der Waals surface area contributed by atoms with Gasteiger partial charge in [0.15, 0.2) is 17.3 Å². The van der Waals surface area contributed by atoms with Crippen LogP contribution in [0, 0.1) is 5.82 Å². The van der Waals surface area contributed by atoms with Crippen LogP contribution in [0.1, 0.15) is 6.92 Å². The summed E-state index contributed by atoms with van der Waals surface area (Å²) in [6, 6.07) is 15.9. The van der Waals surface area contributed by atoms with Crippen molar-refractivity contribution in [2.45, 2.75) is 6.92 Å². The van der Waals surface area contributed by atoms with Crippen LogP contribution in [0.4, 0.5) is 15.9 Å². The molecule has 2 aromatic heterocycles. The summed E-state index contributed by atoms with van der Waals surface area (Å²) >= 11 is 0. The first-order chi connectivity index (χ1) is 13.7. The molecule has 2 heterocycles. The molecule has 0 radical (unpaired) electrons. The zero-order valence-electron chi connectivity index (χ0n) is 15.6. The number of ether oxygens (including phenoxy) is 2. The van der Waals surface area contributed by atoms with Gasteiger partial charge in [-0.3, -0.25) is 0 Å². The molecule has 0 bridgehead atoms. The number of nitrogens with one attached hydrogen (secondary N) is 1. The molecule has 0 aliphatic rings. The van der Waals surface area contributed by atoms with Gasteiger partial charge in [-0.2, -0.15) is 0 Å². The summed E-state index contributed by atoms with van der Waals surface area (Å²) in [4.78, 5) is 4.72. The molecule has 4 rings (SSSR count). The molecule has 4 aromatic rings. The fourth-order valence-electron chi connectivity index (χ4n) is 3.08. The van der Waals surface area contributed by atoms with Gasteiger partial charge in [-0.1, -0.05) is 12.1 Å². The molecule has 6 heteroatoms. The Morgan fingerprint density at radius 3 is 2.75 bits per heavy atom. The highest BCUT2D eigenvalue weighted by molar-refractivity contribution is 5.77. The minimum Gasteiger partial charge on any atom is -0.493 e. The molecule has 0 unspecified atom stereocenters. The summed E-state index contributed by atoms with van der Waals surface area (Å²) < 4.78 is 26.6. The molecule has 0 saturated carbocycles. The smallest absolute Gasteiger partial charge is 0.162 e. The maximum absolute atomic E-state index is 13.7. The van der Waals surface area contributed by atoms with Crippen LogP contribution in [0.25, 0.3) is 16.8 Å². The summed E-state index contributed by atoms with van der Waals surface area (Å²) in [5.74, 6) is 1.69. The second-order valence-electron chi connectivity index (χ2n) is 6.21. The third-order valence-corrected chi connectivity index (χ3v) is 4.36. The monoisotopic (exact) mass is 377 g/mol. The van der Waals surface area contributed by atoms with Crippen molar-refractivity contribution in [3.05, 3.63) is 72.8 Å². The first-order valence-electron chi connectivity index (χ1n) is 8.99. The van der Waals surface area contributed by atoms with Crippen molar-refractivity contribution < 1.29 is 13.9 Å². The van der Waals surface area contributed by atoms with Crippen molar-refractivity contribution in [2.75, 3.05) is 19.0 Å². The molecule has 0 spiro atoms. The predicted octanol–water partition coefficient (Wildman–Crippen LogP) is 5.29. The Hall–Kier alpha value is -3.54. The minimum absolute atomic E-state index is 0.294. The van der Waals surface area contributed by atoms with E-state index in [4.69, 9.17) is 14.5 Å². The van der Waals surface area contributed by atoms with Gasteiger partial charge in [-0.25, -0.2) is 9.37 Å². The highest BCUT2D eigenvalue weighted by Gasteiger charge is 2.11. The van der Waals surface area contributed by atoms with E-state index >= 15 is 0 Å². The van der Waals surface area contributed by atoms with Gasteiger partial charge < -0.3 is 19.2 Å². The first kappa shape index (κ1) is 17.9. The standard InChI is InChI=1S/C22H20FN3O2/c1-3-28-20-10-9-17(13-21(20)27-2)24-22-19-8-5-11-26(19)14-18(25-22)15-6-4-7-16(23)12-15/h4-14H,3H2,1-2H3,(H,24,25). The number of aromatic nitrogens is 2.